The van der Waals surface area contributed by atoms with Crippen LogP contribution in [0.25, 0.3) is 10.9 Å². The minimum absolute atomic E-state index is 0.199. The van der Waals surface area contributed by atoms with Gasteiger partial charge in [-0.2, -0.15) is 0 Å². The number of amides is 1. The van der Waals surface area contributed by atoms with Crippen molar-refractivity contribution in [2.24, 2.45) is 5.73 Å². The molecule has 0 bridgehead atoms. The van der Waals surface area contributed by atoms with Crippen molar-refractivity contribution in [3.8, 4) is 5.75 Å². The molecule has 1 atom stereocenters. The molecule has 2 aromatic rings. The average Bonchev–Trinajstić information content (AvgIpc) is 2.39. The Balaban J connectivity index is 2.10. The van der Waals surface area contributed by atoms with Crippen molar-refractivity contribution >= 4 is 16.8 Å². The van der Waals surface area contributed by atoms with Gasteiger partial charge in [0.1, 0.15) is 18.4 Å². The van der Waals surface area contributed by atoms with Gasteiger partial charge in [0.05, 0.1) is 5.52 Å². The molecule has 0 aliphatic heterocycles. The highest BCUT2D eigenvalue weighted by molar-refractivity contribution is 5.80. The second kappa shape index (κ2) is 5.46. The quantitative estimate of drug-likeness (QED) is 0.812. The van der Waals surface area contributed by atoms with Crippen LogP contribution in [0.5, 0.6) is 5.75 Å². The van der Waals surface area contributed by atoms with Crippen LogP contribution in [0.1, 0.15) is 0 Å². The number of carbonyl (C=O) groups is 1. The molecule has 0 aliphatic carbocycles. The third-order valence-corrected chi connectivity index (χ3v) is 2.69. The molecule has 1 heterocycles. The molecule has 0 saturated carbocycles. The molecule has 0 spiro atoms. The van der Waals surface area contributed by atoms with Gasteiger partial charge in [-0.3, -0.25) is 9.78 Å². The first kappa shape index (κ1) is 12.3. The van der Waals surface area contributed by atoms with Crippen molar-refractivity contribution in [2.45, 2.75) is 6.04 Å². The van der Waals surface area contributed by atoms with E-state index in [2.05, 4.69) is 10.3 Å². The minimum atomic E-state index is -0.496. The van der Waals surface area contributed by atoms with Crippen LogP contribution in [0.4, 0.5) is 0 Å². The topological polar surface area (TPSA) is 77.2 Å². The molecule has 5 nitrogen and oxygen atoms in total. The summed E-state index contributed by atoms with van der Waals surface area (Å²) in [6.07, 6.45) is 1.73. The molecule has 94 valence electrons. The zero-order valence-corrected chi connectivity index (χ0v) is 10.1. The summed E-state index contributed by atoms with van der Waals surface area (Å²) >= 11 is 0. The van der Waals surface area contributed by atoms with Gasteiger partial charge in [0.25, 0.3) is 0 Å². The molecule has 1 aromatic carbocycles. The third kappa shape index (κ3) is 2.75. The number of hydrogen-bond donors (Lipinski definition) is 2. The summed E-state index contributed by atoms with van der Waals surface area (Å²) in [7, 11) is 1.67. The summed E-state index contributed by atoms with van der Waals surface area (Å²) in [5.74, 6) is 0.235. The fourth-order valence-corrected chi connectivity index (χ4v) is 1.62. The molecule has 18 heavy (non-hydrogen) atoms. The van der Waals surface area contributed by atoms with Crippen molar-refractivity contribution in [3.63, 3.8) is 0 Å². The second-order valence-electron chi connectivity index (χ2n) is 3.91. The van der Waals surface area contributed by atoms with Crippen LogP contribution in [0.15, 0.2) is 36.5 Å². The molecular weight excluding hydrogens is 230 g/mol. The first-order valence-electron chi connectivity index (χ1n) is 5.65. The Hall–Kier alpha value is -2.14. The minimum Gasteiger partial charge on any atom is -0.491 e. The van der Waals surface area contributed by atoms with E-state index >= 15 is 0 Å². The van der Waals surface area contributed by atoms with Crippen molar-refractivity contribution in [1.29, 1.82) is 0 Å². The number of pyridine rings is 1. The Morgan fingerprint density at radius 1 is 1.50 bits per heavy atom. The molecule has 0 radical (unpaired) electrons. The summed E-state index contributed by atoms with van der Waals surface area (Å²) < 4.78 is 5.53. The van der Waals surface area contributed by atoms with Gasteiger partial charge >= 0.3 is 0 Å². The molecule has 1 aromatic heterocycles. The number of primary amides is 1. The van der Waals surface area contributed by atoms with Crippen molar-refractivity contribution in [3.05, 3.63) is 36.5 Å². The molecule has 1 unspecified atom stereocenters. The van der Waals surface area contributed by atoms with E-state index in [0.29, 0.717) is 5.75 Å². The Bertz CT molecular complexity index is 557. The van der Waals surface area contributed by atoms with Gasteiger partial charge in [-0.25, -0.2) is 0 Å². The van der Waals surface area contributed by atoms with Gasteiger partial charge in [-0.15, -0.1) is 0 Å². The summed E-state index contributed by atoms with van der Waals surface area (Å²) in [5.41, 5.74) is 6.06. The van der Waals surface area contributed by atoms with Gasteiger partial charge in [0, 0.05) is 17.6 Å². The van der Waals surface area contributed by atoms with Crippen LogP contribution < -0.4 is 15.8 Å². The molecule has 2 rings (SSSR count). The fourth-order valence-electron chi connectivity index (χ4n) is 1.62. The highest BCUT2D eigenvalue weighted by Crippen LogP contribution is 2.18. The molecular formula is C13H15N3O2. The number of carbonyl (C=O) groups excluding carboxylic acids is 1. The second-order valence-corrected chi connectivity index (χ2v) is 3.91. The van der Waals surface area contributed by atoms with Crippen LogP contribution in [0.3, 0.4) is 0 Å². The number of nitrogens with one attached hydrogen (secondary N) is 1. The SMILES string of the molecule is CNC(COc1ccc2cccnc2c1)C(N)=O. The number of nitrogens with zero attached hydrogens (tertiary/aromatic N) is 1. The van der Waals surface area contributed by atoms with Gasteiger partial charge < -0.3 is 15.8 Å². The number of nitrogens with two attached hydrogens (primary N) is 1. The molecule has 0 fully saturated rings. The largest absolute Gasteiger partial charge is 0.491 e. The van der Waals surface area contributed by atoms with Crippen LogP contribution >= 0.6 is 0 Å². The van der Waals surface area contributed by atoms with Crippen molar-refractivity contribution < 1.29 is 9.53 Å². The van der Waals surface area contributed by atoms with Crippen LogP contribution in [0.2, 0.25) is 0 Å². The highest BCUT2D eigenvalue weighted by Gasteiger charge is 2.13. The summed E-state index contributed by atoms with van der Waals surface area (Å²) in [4.78, 5) is 15.3. The highest BCUT2D eigenvalue weighted by atomic mass is 16.5. The lowest BCUT2D eigenvalue weighted by Gasteiger charge is -2.13. The van der Waals surface area contributed by atoms with E-state index in [1.807, 2.05) is 30.3 Å². The predicted molar refractivity (Wildman–Crippen MR) is 69.3 cm³/mol. The average molecular weight is 245 g/mol. The van der Waals surface area contributed by atoms with Crippen molar-refractivity contribution in [1.82, 2.24) is 10.3 Å². The summed E-state index contributed by atoms with van der Waals surface area (Å²) in [6, 6.07) is 8.97. The standard InChI is InChI=1S/C13H15N3O2/c1-15-12(13(14)17)8-18-10-5-4-9-3-2-6-16-11(9)7-10/h2-7,12,15H,8H2,1H3,(H2,14,17). The van der Waals surface area contributed by atoms with Crippen LogP contribution in [0, 0.1) is 0 Å². The Morgan fingerprint density at radius 3 is 3.06 bits per heavy atom. The van der Waals surface area contributed by atoms with E-state index in [1.54, 1.807) is 13.2 Å². The van der Waals surface area contributed by atoms with E-state index in [-0.39, 0.29) is 6.61 Å². The number of benzene rings is 1. The molecule has 1 amide bonds. The monoisotopic (exact) mass is 245 g/mol. The molecule has 0 saturated heterocycles. The number of fused-ring (bicyclic) bond motifs is 1. The molecule has 0 aliphatic rings. The number of rotatable bonds is 5. The third-order valence-electron chi connectivity index (χ3n) is 2.69. The van der Waals surface area contributed by atoms with Gasteiger partial charge in [0.2, 0.25) is 5.91 Å². The first-order chi connectivity index (χ1) is 8.70. The summed E-state index contributed by atoms with van der Waals surface area (Å²) in [6.45, 7) is 0.199. The van der Waals surface area contributed by atoms with E-state index in [1.165, 1.54) is 0 Å². The van der Waals surface area contributed by atoms with Crippen LogP contribution in [-0.2, 0) is 4.79 Å². The number of hydrogen-bond acceptors (Lipinski definition) is 4. The predicted octanol–water partition coefficient (Wildman–Crippen LogP) is 0.687. The van der Waals surface area contributed by atoms with E-state index in [4.69, 9.17) is 10.5 Å². The van der Waals surface area contributed by atoms with E-state index in [0.717, 1.165) is 10.9 Å². The van der Waals surface area contributed by atoms with Gasteiger partial charge in [-0.05, 0) is 25.2 Å². The molecule has 5 heteroatoms. The van der Waals surface area contributed by atoms with Gasteiger partial charge in [0.15, 0.2) is 0 Å². The van der Waals surface area contributed by atoms with Crippen molar-refractivity contribution in [2.75, 3.05) is 13.7 Å². The maximum absolute atomic E-state index is 11.0. The number of aromatic nitrogens is 1. The Kier molecular flexibility index (Phi) is 3.74. The maximum atomic E-state index is 11.0. The Morgan fingerprint density at radius 2 is 2.33 bits per heavy atom. The smallest absolute Gasteiger partial charge is 0.238 e. The lowest BCUT2D eigenvalue weighted by atomic mass is 10.2. The lowest BCUT2D eigenvalue weighted by molar-refractivity contribution is -0.120. The fraction of sp³-hybridized carbons (Fsp3) is 0.231. The maximum Gasteiger partial charge on any atom is 0.238 e. The number of likely N-dealkylation sites (N-methyl/N-ethyl adjacent to an activating group) is 1. The van der Waals surface area contributed by atoms with Gasteiger partial charge in [-0.1, -0.05) is 6.07 Å². The number of ether oxygens (including phenoxy) is 1. The lowest BCUT2D eigenvalue weighted by Crippen LogP contribution is -2.43. The van der Waals surface area contributed by atoms with E-state index in [9.17, 15) is 4.79 Å². The zero-order chi connectivity index (χ0) is 13.0. The normalized spacial score (nSPS) is 12.3. The van der Waals surface area contributed by atoms with E-state index < -0.39 is 11.9 Å². The summed E-state index contributed by atoms with van der Waals surface area (Å²) in [5, 5.41) is 3.84. The Labute approximate surface area is 105 Å². The van der Waals surface area contributed by atoms with Crippen LogP contribution in [-0.4, -0.2) is 30.6 Å². The molecule has 3 N–H and O–H groups in total. The first-order valence-corrected chi connectivity index (χ1v) is 5.65. The zero-order valence-electron chi connectivity index (χ0n) is 10.1.